The van der Waals surface area contributed by atoms with Gasteiger partial charge in [0.15, 0.2) is 0 Å². The average molecular weight is 192 g/mol. The zero-order valence-electron chi connectivity index (χ0n) is 8.03. The van der Waals surface area contributed by atoms with Crippen molar-refractivity contribution in [3.63, 3.8) is 0 Å². The van der Waals surface area contributed by atoms with Crippen LogP contribution in [0.4, 0.5) is 0 Å². The van der Waals surface area contributed by atoms with Gasteiger partial charge in [0.1, 0.15) is 17.4 Å². The molecule has 0 unspecified atom stereocenters. The Bertz CT molecular complexity index is 344. The molecule has 1 heterocycles. The van der Waals surface area contributed by atoms with Crippen LogP contribution in [0, 0.1) is 11.3 Å². The second-order valence-electron chi connectivity index (χ2n) is 3.08. The van der Waals surface area contributed by atoms with E-state index < -0.39 is 8.80 Å². The number of rotatable bonds is 2. The van der Waals surface area contributed by atoms with Crippen LogP contribution >= 0.6 is 0 Å². The lowest BCUT2D eigenvalue weighted by atomic mass is 10.3. The van der Waals surface area contributed by atoms with Crippen molar-refractivity contribution in [3.05, 3.63) is 17.8 Å². The van der Waals surface area contributed by atoms with Crippen LogP contribution in [0.3, 0.4) is 0 Å². The number of hydrogen-bond acceptors (Lipinski definition) is 3. The number of methoxy groups -OCH3 is 1. The van der Waals surface area contributed by atoms with Crippen molar-refractivity contribution in [2.24, 2.45) is 0 Å². The molecule has 0 aliphatic heterocycles. The van der Waals surface area contributed by atoms with Gasteiger partial charge in [0.05, 0.1) is 15.9 Å². The number of aromatic nitrogens is 1. The van der Waals surface area contributed by atoms with E-state index in [9.17, 15) is 0 Å². The highest BCUT2D eigenvalue weighted by Crippen LogP contribution is 2.13. The molecule has 0 atom stereocenters. The Morgan fingerprint density at radius 1 is 1.54 bits per heavy atom. The molecular weight excluding hydrogens is 180 g/mol. The van der Waals surface area contributed by atoms with Crippen LogP contribution in [-0.4, -0.2) is 20.9 Å². The molecule has 0 bridgehead atoms. The smallest absolute Gasteiger partial charge is 0.139 e. The predicted molar refractivity (Wildman–Crippen MR) is 54.0 cm³/mol. The minimum absolute atomic E-state index is 0.501. The highest BCUT2D eigenvalue weighted by Gasteiger charge is 2.07. The van der Waals surface area contributed by atoms with Crippen molar-refractivity contribution in [1.82, 2.24) is 4.98 Å². The lowest BCUT2D eigenvalue weighted by molar-refractivity contribution is 0.413. The normalized spacial score (nSPS) is 9.77. The van der Waals surface area contributed by atoms with Gasteiger partial charge in [-0.2, -0.15) is 5.26 Å². The van der Waals surface area contributed by atoms with E-state index in [4.69, 9.17) is 10.00 Å². The fraction of sp³-hybridized carbons (Fsp3) is 0.333. The summed E-state index contributed by atoms with van der Waals surface area (Å²) in [5.41, 5.74) is 0.501. The van der Waals surface area contributed by atoms with Crippen molar-refractivity contribution < 1.29 is 4.74 Å². The summed E-state index contributed by atoms with van der Waals surface area (Å²) in [5, 5.41) is 9.80. The minimum Gasteiger partial charge on any atom is -0.495 e. The molecule has 1 rings (SSSR count). The third kappa shape index (κ3) is 2.07. The largest absolute Gasteiger partial charge is 0.495 e. The molecule has 1 aromatic heterocycles. The van der Waals surface area contributed by atoms with E-state index >= 15 is 0 Å². The number of pyridine rings is 1. The molecular formula is C9H12N2OSi. The van der Waals surface area contributed by atoms with Gasteiger partial charge in [0.25, 0.3) is 0 Å². The molecule has 0 aromatic carbocycles. The maximum atomic E-state index is 8.72. The molecule has 0 amide bonds. The van der Waals surface area contributed by atoms with E-state index in [2.05, 4.69) is 18.1 Å². The first-order valence-corrected chi connectivity index (χ1v) is 7.01. The zero-order valence-corrected chi connectivity index (χ0v) is 9.19. The van der Waals surface area contributed by atoms with Crippen LogP contribution in [0.25, 0.3) is 0 Å². The highest BCUT2D eigenvalue weighted by atomic mass is 28.3. The molecule has 68 valence electrons. The summed E-state index contributed by atoms with van der Waals surface area (Å²) in [7, 11) is 0.668. The number of hydrogen-bond donors (Lipinski definition) is 0. The van der Waals surface area contributed by atoms with E-state index in [0.29, 0.717) is 11.3 Å². The van der Waals surface area contributed by atoms with E-state index in [-0.39, 0.29) is 0 Å². The van der Waals surface area contributed by atoms with E-state index in [1.165, 1.54) is 0 Å². The van der Waals surface area contributed by atoms with Crippen LogP contribution in [0.2, 0.25) is 13.1 Å². The standard InChI is InChI=1S/C9H12N2OSi/c1-12-8-4-9(13(2)3)11-6-7(8)5-10/h4,6,13H,1-3H3. The summed E-state index contributed by atoms with van der Waals surface area (Å²) >= 11 is 0. The molecule has 0 spiro atoms. The quantitative estimate of drug-likeness (QED) is 0.646. The van der Waals surface area contributed by atoms with Gasteiger partial charge in [-0.1, -0.05) is 13.1 Å². The first-order valence-electron chi connectivity index (χ1n) is 4.13. The molecule has 0 N–H and O–H groups in total. The molecule has 0 saturated heterocycles. The van der Waals surface area contributed by atoms with Crippen molar-refractivity contribution in [2.45, 2.75) is 13.1 Å². The van der Waals surface area contributed by atoms with Gasteiger partial charge in [-0.25, -0.2) is 0 Å². The molecule has 0 saturated carbocycles. The Kier molecular flexibility index (Phi) is 3.04. The van der Waals surface area contributed by atoms with Gasteiger partial charge in [-0.3, -0.25) is 4.98 Å². The van der Waals surface area contributed by atoms with Crippen LogP contribution < -0.4 is 10.1 Å². The van der Waals surface area contributed by atoms with Crippen molar-refractivity contribution in [1.29, 1.82) is 5.26 Å². The fourth-order valence-electron chi connectivity index (χ4n) is 1.02. The molecule has 0 aliphatic carbocycles. The Morgan fingerprint density at radius 2 is 2.23 bits per heavy atom. The maximum absolute atomic E-state index is 8.72. The monoisotopic (exact) mass is 192 g/mol. The minimum atomic E-state index is -0.903. The first-order chi connectivity index (χ1) is 6.19. The topological polar surface area (TPSA) is 45.9 Å². The van der Waals surface area contributed by atoms with Gasteiger partial charge in [0, 0.05) is 11.5 Å². The molecule has 3 nitrogen and oxygen atoms in total. The Labute approximate surface area is 79.6 Å². The van der Waals surface area contributed by atoms with Gasteiger partial charge < -0.3 is 4.74 Å². The fourth-order valence-corrected chi connectivity index (χ4v) is 1.88. The zero-order chi connectivity index (χ0) is 9.84. The maximum Gasteiger partial charge on any atom is 0.139 e. The third-order valence-corrected chi connectivity index (χ3v) is 3.32. The van der Waals surface area contributed by atoms with Crippen LogP contribution in [0.5, 0.6) is 5.75 Å². The Hall–Kier alpha value is -1.34. The second-order valence-corrected chi connectivity index (χ2v) is 5.98. The molecule has 0 radical (unpaired) electrons. The molecule has 1 aromatic rings. The SMILES string of the molecule is COc1cc([SiH](C)C)ncc1C#N. The summed E-state index contributed by atoms with van der Waals surface area (Å²) in [5.74, 6) is 0.633. The van der Waals surface area contributed by atoms with E-state index in [1.807, 2.05) is 12.1 Å². The summed E-state index contributed by atoms with van der Waals surface area (Å²) < 4.78 is 5.09. The summed E-state index contributed by atoms with van der Waals surface area (Å²) in [6.07, 6.45) is 1.58. The summed E-state index contributed by atoms with van der Waals surface area (Å²) in [6.45, 7) is 4.38. The van der Waals surface area contributed by atoms with Crippen molar-refractivity contribution >= 4 is 14.1 Å². The highest BCUT2D eigenvalue weighted by molar-refractivity contribution is 6.69. The predicted octanol–water partition coefficient (Wildman–Crippen LogP) is 0.656. The van der Waals surface area contributed by atoms with Crippen molar-refractivity contribution in [3.8, 4) is 11.8 Å². The van der Waals surface area contributed by atoms with Crippen LogP contribution in [0.15, 0.2) is 12.3 Å². The molecule has 0 aliphatic rings. The molecule has 13 heavy (non-hydrogen) atoms. The van der Waals surface area contributed by atoms with E-state index in [1.54, 1.807) is 13.3 Å². The number of nitrogens with zero attached hydrogens (tertiary/aromatic N) is 2. The van der Waals surface area contributed by atoms with Crippen molar-refractivity contribution in [2.75, 3.05) is 7.11 Å². The molecule has 0 fully saturated rings. The van der Waals surface area contributed by atoms with Gasteiger partial charge in [-0.05, 0) is 6.07 Å². The van der Waals surface area contributed by atoms with Crippen LogP contribution in [-0.2, 0) is 0 Å². The van der Waals surface area contributed by atoms with Gasteiger partial charge in [-0.15, -0.1) is 0 Å². The summed E-state index contributed by atoms with van der Waals surface area (Å²) in [6, 6.07) is 3.91. The van der Waals surface area contributed by atoms with E-state index in [0.717, 1.165) is 5.32 Å². The number of ether oxygens (including phenoxy) is 1. The Morgan fingerprint density at radius 3 is 2.69 bits per heavy atom. The lowest BCUT2D eigenvalue weighted by Gasteiger charge is -2.06. The number of nitriles is 1. The summed E-state index contributed by atoms with van der Waals surface area (Å²) in [4.78, 5) is 4.22. The average Bonchev–Trinajstić information content (AvgIpc) is 2.16. The molecule has 4 heteroatoms. The van der Waals surface area contributed by atoms with Gasteiger partial charge in [0.2, 0.25) is 0 Å². The second kappa shape index (κ2) is 4.05. The van der Waals surface area contributed by atoms with Gasteiger partial charge >= 0.3 is 0 Å². The first kappa shape index (κ1) is 9.74. The third-order valence-electron chi connectivity index (χ3n) is 1.82. The Balaban J connectivity index is 3.15. The van der Waals surface area contributed by atoms with Crippen LogP contribution in [0.1, 0.15) is 5.56 Å². The lowest BCUT2D eigenvalue weighted by Crippen LogP contribution is -2.26.